The Bertz CT molecular complexity index is 185. The van der Waals surface area contributed by atoms with E-state index in [9.17, 15) is 4.79 Å². The Hall–Kier alpha value is -0.680. The summed E-state index contributed by atoms with van der Waals surface area (Å²) in [6, 6.07) is 0. The predicted molar refractivity (Wildman–Crippen MR) is 55.5 cm³/mol. The summed E-state index contributed by atoms with van der Waals surface area (Å²) in [6.07, 6.45) is 0. The van der Waals surface area contributed by atoms with E-state index < -0.39 is 5.92 Å². The molecule has 4 nitrogen and oxygen atoms in total. The van der Waals surface area contributed by atoms with Crippen LogP contribution in [0.25, 0.3) is 0 Å². The summed E-state index contributed by atoms with van der Waals surface area (Å²) < 4.78 is 5.05. The molecule has 0 radical (unpaired) electrons. The first kappa shape index (κ1) is 12.3. The van der Waals surface area contributed by atoms with Gasteiger partial charge in [-0.15, -0.1) is 0 Å². The van der Waals surface area contributed by atoms with Gasteiger partial charge >= 0.3 is 0 Å². The molecule has 0 fully saturated rings. The molecule has 0 saturated carbocycles. The maximum atomic E-state index is 11.2. The lowest BCUT2D eigenvalue weighted by Crippen LogP contribution is -2.37. The highest BCUT2D eigenvalue weighted by Crippen LogP contribution is 1.93. The van der Waals surface area contributed by atoms with Gasteiger partial charge in [-0.2, -0.15) is 0 Å². The predicted octanol–water partition coefficient (Wildman–Crippen LogP) is 0.0613. The highest BCUT2D eigenvalue weighted by Gasteiger charge is 2.14. The van der Waals surface area contributed by atoms with Gasteiger partial charge in [-0.3, -0.25) is 4.79 Å². The van der Waals surface area contributed by atoms with E-state index in [1.54, 1.807) is 6.92 Å². The quantitative estimate of drug-likeness (QED) is 0.474. The SMILES string of the molecule is CCOCCNC(=O)C(C)C(N)=S. The molecule has 0 saturated heterocycles. The zero-order valence-corrected chi connectivity index (χ0v) is 8.82. The lowest BCUT2D eigenvalue weighted by Gasteiger charge is -2.10. The van der Waals surface area contributed by atoms with Gasteiger partial charge in [0.25, 0.3) is 0 Å². The van der Waals surface area contributed by atoms with E-state index >= 15 is 0 Å². The standard InChI is InChI=1S/C8H16N2O2S/c1-3-12-5-4-10-8(11)6(2)7(9)13/h6H,3-5H2,1-2H3,(H2,9,13)(H,10,11). The molecule has 0 rings (SSSR count). The van der Waals surface area contributed by atoms with Crippen molar-refractivity contribution in [3.63, 3.8) is 0 Å². The van der Waals surface area contributed by atoms with Crippen molar-refractivity contribution in [1.82, 2.24) is 5.32 Å². The second-order valence-corrected chi connectivity index (χ2v) is 3.08. The number of carbonyl (C=O) groups is 1. The number of nitrogens with one attached hydrogen (secondary N) is 1. The van der Waals surface area contributed by atoms with E-state index in [0.717, 1.165) is 0 Å². The van der Waals surface area contributed by atoms with Crippen LogP contribution in [0.5, 0.6) is 0 Å². The van der Waals surface area contributed by atoms with Gasteiger partial charge in [-0.1, -0.05) is 12.2 Å². The van der Waals surface area contributed by atoms with Crippen molar-refractivity contribution in [2.45, 2.75) is 13.8 Å². The van der Waals surface area contributed by atoms with Crippen LogP contribution < -0.4 is 11.1 Å². The zero-order valence-electron chi connectivity index (χ0n) is 8.00. The number of amides is 1. The van der Waals surface area contributed by atoms with E-state index in [2.05, 4.69) is 17.5 Å². The molecule has 1 amide bonds. The molecule has 0 bridgehead atoms. The van der Waals surface area contributed by atoms with Gasteiger partial charge in [0.15, 0.2) is 0 Å². The minimum Gasteiger partial charge on any atom is -0.393 e. The largest absolute Gasteiger partial charge is 0.393 e. The lowest BCUT2D eigenvalue weighted by molar-refractivity contribution is -0.122. The number of hydrogen-bond acceptors (Lipinski definition) is 3. The Kier molecular flexibility index (Phi) is 6.44. The number of rotatable bonds is 6. The van der Waals surface area contributed by atoms with Crippen LogP contribution in [0, 0.1) is 5.92 Å². The van der Waals surface area contributed by atoms with Crippen molar-refractivity contribution in [2.24, 2.45) is 11.7 Å². The average Bonchev–Trinajstić information content (AvgIpc) is 2.10. The molecule has 0 aliphatic carbocycles. The second-order valence-electron chi connectivity index (χ2n) is 2.61. The molecule has 76 valence electrons. The van der Waals surface area contributed by atoms with Crippen LogP contribution in [0.1, 0.15) is 13.8 Å². The maximum absolute atomic E-state index is 11.2. The van der Waals surface area contributed by atoms with Crippen molar-refractivity contribution >= 4 is 23.1 Å². The van der Waals surface area contributed by atoms with Gasteiger partial charge in [-0.25, -0.2) is 0 Å². The number of hydrogen-bond donors (Lipinski definition) is 2. The van der Waals surface area contributed by atoms with Crippen molar-refractivity contribution < 1.29 is 9.53 Å². The number of carbonyl (C=O) groups excluding carboxylic acids is 1. The Labute approximate surface area is 83.8 Å². The second kappa shape index (κ2) is 6.80. The molecule has 0 spiro atoms. The van der Waals surface area contributed by atoms with Gasteiger partial charge in [-0.05, 0) is 13.8 Å². The van der Waals surface area contributed by atoms with Crippen molar-refractivity contribution in [1.29, 1.82) is 0 Å². The van der Waals surface area contributed by atoms with Gasteiger partial charge in [0.1, 0.15) is 0 Å². The molecule has 0 heterocycles. The molecule has 0 aliphatic heterocycles. The molecule has 0 aromatic carbocycles. The highest BCUT2D eigenvalue weighted by molar-refractivity contribution is 7.80. The maximum Gasteiger partial charge on any atom is 0.229 e. The fourth-order valence-electron chi connectivity index (χ4n) is 0.673. The van der Waals surface area contributed by atoms with Crippen molar-refractivity contribution in [3.05, 3.63) is 0 Å². The van der Waals surface area contributed by atoms with E-state index in [-0.39, 0.29) is 10.9 Å². The van der Waals surface area contributed by atoms with Crippen LogP contribution in [-0.2, 0) is 9.53 Å². The first-order chi connectivity index (χ1) is 6.09. The van der Waals surface area contributed by atoms with E-state index in [0.29, 0.717) is 19.8 Å². The first-order valence-corrected chi connectivity index (χ1v) is 4.65. The van der Waals surface area contributed by atoms with Gasteiger partial charge in [0, 0.05) is 13.2 Å². The molecular formula is C8H16N2O2S. The van der Waals surface area contributed by atoms with Crippen LogP contribution in [0.4, 0.5) is 0 Å². The van der Waals surface area contributed by atoms with Crippen LogP contribution >= 0.6 is 12.2 Å². The number of ether oxygens (including phenoxy) is 1. The van der Waals surface area contributed by atoms with E-state index in [1.165, 1.54) is 0 Å². The summed E-state index contributed by atoms with van der Waals surface area (Å²) in [5, 5.41) is 2.67. The average molecular weight is 204 g/mol. The molecule has 0 aromatic heterocycles. The van der Waals surface area contributed by atoms with Crippen molar-refractivity contribution in [3.8, 4) is 0 Å². The molecular weight excluding hydrogens is 188 g/mol. The molecule has 13 heavy (non-hydrogen) atoms. The minimum atomic E-state index is -0.406. The zero-order chi connectivity index (χ0) is 10.3. The third-order valence-electron chi connectivity index (χ3n) is 1.57. The minimum absolute atomic E-state index is 0.146. The fraction of sp³-hybridized carbons (Fsp3) is 0.750. The summed E-state index contributed by atoms with van der Waals surface area (Å²) in [5.74, 6) is -0.552. The van der Waals surface area contributed by atoms with E-state index in [4.69, 9.17) is 10.5 Å². The molecule has 5 heteroatoms. The summed E-state index contributed by atoms with van der Waals surface area (Å²) >= 11 is 4.68. The van der Waals surface area contributed by atoms with Crippen LogP contribution in [0.2, 0.25) is 0 Å². The first-order valence-electron chi connectivity index (χ1n) is 4.24. The Balaban J connectivity index is 3.56. The summed E-state index contributed by atoms with van der Waals surface area (Å²) in [6.45, 7) is 5.25. The van der Waals surface area contributed by atoms with Gasteiger partial charge in [0.05, 0.1) is 17.5 Å². The summed E-state index contributed by atoms with van der Waals surface area (Å²) in [4.78, 5) is 11.4. The number of nitrogens with two attached hydrogens (primary N) is 1. The summed E-state index contributed by atoms with van der Waals surface area (Å²) in [7, 11) is 0. The topological polar surface area (TPSA) is 64.3 Å². The third-order valence-corrected chi connectivity index (χ3v) is 1.92. The Morgan fingerprint density at radius 3 is 2.77 bits per heavy atom. The van der Waals surface area contributed by atoms with Gasteiger partial charge < -0.3 is 15.8 Å². The van der Waals surface area contributed by atoms with Crippen LogP contribution in [0.3, 0.4) is 0 Å². The van der Waals surface area contributed by atoms with Crippen LogP contribution in [-0.4, -0.2) is 30.7 Å². The Morgan fingerprint density at radius 2 is 2.31 bits per heavy atom. The number of thiocarbonyl (C=S) groups is 1. The lowest BCUT2D eigenvalue weighted by atomic mass is 10.2. The van der Waals surface area contributed by atoms with Crippen LogP contribution in [0.15, 0.2) is 0 Å². The molecule has 3 N–H and O–H groups in total. The smallest absolute Gasteiger partial charge is 0.229 e. The Morgan fingerprint density at radius 1 is 1.69 bits per heavy atom. The fourth-order valence-corrected chi connectivity index (χ4v) is 0.780. The third kappa shape index (κ3) is 5.54. The molecule has 0 aliphatic rings. The normalized spacial score (nSPS) is 12.2. The molecule has 1 unspecified atom stereocenters. The summed E-state index contributed by atoms with van der Waals surface area (Å²) in [5.41, 5.74) is 5.31. The molecule has 1 atom stereocenters. The monoisotopic (exact) mass is 204 g/mol. The highest BCUT2D eigenvalue weighted by atomic mass is 32.1. The molecule has 0 aromatic rings. The van der Waals surface area contributed by atoms with E-state index in [1.807, 2.05) is 6.92 Å². The van der Waals surface area contributed by atoms with Crippen molar-refractivity contribution in [2.75, 3.05) is 19.8 Å². The van der Waals surface area contributed by atoms with Gasteiger partial charge in [0.2, 0.25) is 5.91 Å².